The van der Waals surface area contributed by atoms with Crippen LogP contribution in [0.25, 0.3) is 0 Å². The maximum absolute atomic E-state index is 5.36. The number of rotatable bonds is 7. The Balaban J connectivity index is 2.51. The molecule has 0 aliphatic rings. The van der Waals surface area contributed by atoms with Crippen LogP contribution in [0.1, 0.15) is 19.0 Å². The monoisotopic (exact) mass is 241 g/mol. The van der Waals surface area contributed by atoms with Gasteiger partial charge in [-0.2, -0.15) is 16.7 Å². The largest absolute Gasteiger partial charge is 0.478 e. The zero-order chi connectivity index (χ0) is 11.8. The molecule has 4 nitrogen and oxygen atoms in total. The van der Waals surface area contributed by atoms with Crippen molar-refractivity contribution in [3.8, 4) is 5.88 Å². The molecule has 0 saturated carbocycles. The predicted molar refractivity (Wildman–Crippen MR) is 69.4 cm³/mol. The number of hydrogen-bond donors (Lipinski definition) is 1. The van der Waals surface area contributed by atoms with Crippen molar-refractivity contribution < 1.29 is 4.74 Å². The molecule has 1 rings (SSSR count). The molecule has 1 aromatic heterocycles. The van der Waals surface area contributed by atoms with Crippen molar-refractivity contribution in [2.24, 2.45) is 0 Å². The van der Waals surface area contributed by atoms with Crippen molar-refractivity contribution in [2.75, 3.05) is 30.5 Å². The summed E-state index contributed by atoms with van der Waals surface area (Å²) in [5, 5.41) is 3.20. The SMILES string of the molecule is CCOc1cc(C)nc(NCCCSC)n1. The van der Waals surface area contributed by atoms with Gasteiger partial charge < -0.3 is 10.1 Å². The van der Waals surface area contributed by atoms with Gasteiger partial charge in [0.2, 0.25) is 11.8 Å². The van der Waals surface area contributed by atoms with Gasteiger partial charge in [0.25, 0.3) is 0 Å². The van der Waals surface area contributed by atoms with Crippen molar-refractivity contribution in [1.29, 1.82) is 0 Å². The summed E-state index contributed by atoms with van der Waals surface area (Å²) in [5.74, 6) is 2.45. The summed E-state index contributed by atoms with van der Waals surface area (Å²) in [7, 11) is 0. The Morgan fingerprint density at radius 3 is 2.94 bits per heavy atom. The highest BCUT2D eigenvalue weighted by molar-refractivity contribution is 7.98. The Morgan fingerprint density at radius 1 is 1.44 bits per heavy atom. The molecule has 0 aliphatic carbocycles. The number of hydrogen-bond acceptors (Lipinski definition) is 5. The molecule has 0 unspecified atom stereocenters. The summed E-state index contributed by atoms with van der Waals surface area (Å²) in [5.41, 5.74) is 0.922. The van der Waals surface area contributed by atoms with Crippen LogP contribution in [0.15, 0.2) is 6.07 Å². The van der Waals surface area contributed by atoms with Crippen LogP contribution in [0.3, 0.4) is 0 Å². The van der Waals surface area contributed by atoms with Gasteiger partial charge in [0.1, 0.15) is 0 Å². The molecule has 0 spiro atoms. The Kier molecular flexibility index (Phi) is 6.00. The summed E-state index contributed by atoms with van der Waals surface area (Å²) in [6.07, 6.45) is 3.22. The molecule has 16 heavy (non-hydrogen) atoms. The molecule has 1 aromatic rings. The quantitative estimate of drug-likeness (QED) is 0.742. The summed E-state index contributed by atoms with van der Waals surface area (Å²) in [6, 6.07) is 1.84. The van der Waals surface area contributed by atoms with E-state index < -0.39 is 0 Å². The van der Waals surface area contributed by atoms with Crippen LogP contribution in [-0.4, -0.2) is 35.1 Å². The first-order chi connectivity index (χ1) is 7.76. The van der Waals surface area contributed by atoms with Gasteiger partial charge in [0.05, 0.1) is 6.61 Å². The number of thioether (sulfide) groups is 1. The lowest BCUT2D eigenvalue weighted by Gasteiger charge is -2.07. The predicted octanol–water partition coefficient (Wildman–Crippen LogP) is 2.35. The Labute approximate surface area is 101 Å². The number of aromatic nitrogens is 2. The number of nitrogens with one attached hydrogen (secondary N) is 1. The summed E-state index contributed by atoms with van der Waals surface area (Å²) < 4.78 is 5.36. The minimum atomic E-state index is 0.627. The van der Waals surface area contributed by atoms with E-state index in [4.69, 9.17) is 4.74 Å². The second kappa shape index (κ2) is 7.33. The van der Waals surface area contributed by atoms with E-state index in [1.165, 1.54) is 0 Å². The van der Waals surface area contributed by atoms with Crippen LogP contribution in [0.4, 0.5) is 5.95 Å². The molecule has 5 heteroatoms. The Morgan fingerprint density at radius 2 is 2.25 bits per heavy atom. The summed E-state index contributed by atoms with van der Waals surface area (Å²) >= 11 is 1.85. The van der Waals surface area contributed by atoms with E-state index >= 15 is 0 Å². The van der Waals surface area contributed by atoms with E-state index in [-0.39, 0.29) is 0 Å². The van der Waals surface area contributed by atoms with Crippen LogP contribution < -0.4 is 10.1 Å². The third-order valence-corrected chi connectivity index (χ3v) is 2.63. The molecule has 1 N–H and O–H groups in total. The molecule has 0 fully saturated rings. The normalized spacial score (nSPS) is 10.2. The lowest BCUT2D eigenvalue weighted by molar-refractivity contribution is 0.326. The average molecular weight is 241 g/mol. The average Bonchev–Trinajstić information content (AvgIpc) is 2.24. The molecule has 0 atom stereocenters. The number of ether oxygens (including phenoxy) is 1. The Bertz CT molecular complexity index is 320. The second-order valence-corrected chi connectivity index (χ2v) is 4.36. The van der Waals surface area contributed by atoms with Gasteiger partial charge in [-0.25, -0.2) is 4.98 Å². The van der Waals surface area contributed by atoms with Gasteiger partial charge in [-0.1, -0.05) is 0 Å². The molecule has 1 heterocycles. The molecule has 0 radical (unpaired) electrons. The van der Waals surface area contributed by atoms with E-state index in [0.29, 0.717) is 18.4 Å². The third kappa shape index (κ3) is 4.70. The van der Waals surface area contributed by atoms with Gasteiger partial charge in [-0.15, -0.1) is 0 Å². The van der Waals surface area contributed by atoms with Crippen molar-refractivity contribution in [2.45, 2.75) is 20.3 Å². The minimum Gasteiger partial charge on any atom is -0.478 e. The maximum Gasteiger partial charge on any atom is 0.226 e. The van der Waals surface area contributed by atoms with Crippen LogP contribution in [0.5, 0.6) is 5.88 Å². The first-order valence-corrected chi connectivity index (χ1v) is 6.87. The van der Waals surface area contributed by atoms with Gasteiger partial charge in [-0.3, -0.25) is 0 Å². The van der Waals surface area contributed by atoms with E-state index in [1.807, 2.05) is 31.7 Å². The van der Waals surface area contributed by atoms with Crippen LogP contribution in [0, 0.1) is 6.92 Å². The van der Waals surface area contributed by atoms with E-state index in [2.05, 4.69) is 21.5 Å². The smallest absolute Gasteiger partial charge is 0.226 e. The first kappa shape index (κ1) is 13.1. The van der Waals surface area contributed by atoms with Crippen LogP contribution in [-0.2, 0) is 0 Å². The highest BCUT2D eigenvalue weighted by Gasteiger charge is 2.01. The minimum absolute atomic E-state index is 0.627. The van der Waals surface area contributed by atoms with Gasteiger partial charge in [-0.05, 0) is 32.3 Å². The van der Waals surface area contributed by atoms with Crippen LogP contribution in [0.2, 0.25) is 0 Å². The second-order valence-electron chi connectivity index (χ2n) is 3.38. The fourth-order valence-electron chi connectivity index (χ4n) is 1.26. The van der Waals surface area contributed by atoms with Crippen LogP contribution >= 0.6 is 11.8 Å². The molecule has 0 aliphatic heterocycles. The molecular weight excluding hydrogens is 222 g/mol. The van der Waals surface area contributed by atoms with Gasteiger partial charge in [0.15, 0.2) is 0 Å². The highest BCUT2D eigenvalue weighted by Crippen LogP contribution is 2.11. The molecule has 0 aromatic carbocycles. The first-order valence-electron chi connectivity index (χ1n) is 5.47. The highest BCUT2D eigenvalue weighted by atomic mass is 32.2. The fourth-order valence-corrected chi connectivity index (χ4v) is 1.69. The molecule has 0 bridgehead atoms. The molecule has 90 valence electrons. The van der Waals surface area contributed by atoms with Crippen molar-refractivity contribution in [3.05, 3.63) is 11.8 Å². The third-order valence-electron chi connectivity index (χ3n) is 1.93. The lowest BCUT2D eigenvalue weighted by atomic mass is 10.4. The van der Waals surface area contributed by atoms with Gasteiger partial charge in [0, 0.05) is 18.3 Å². The van der Waals surface area contributed by atoms with Crippen molar-refractivity contribution >= 4 is 17.7 Å². The van der Waals surface area contributed by atoms with E-state index in [0.717, 1.165) is 24.4 Å². The zero-order valence-electron chi connectivity index (χ0n) is 10.1. The van der Waals surface area contributed by atoms with E-state index in [9.17, 15) is 0 Å². The number of anilines is 1. The number of nitrogens with zero attached hydrogens (tertiary/aromatic N) is 2. The maximum atomic E-state index is 5.36. The Hall–Kier alpha value is -0.970. The lowest BCUT2D eigenvalue weighted by Crippen LogP contribution is -2.08. The summed E-state index contributed by atoms with van der Waals surface area (Å²) in [4.78, 5) is 8.57. The zero-order valence-corrected chi connectivity index (χ0v) is 10.9. The van der Waals surface area contributed by atoms with Crippen molar-refractivity contribution in [3.63, 3.8) is 0 Å². The fraction of sp³-hybridized carbons (Fsp3) is 0.636. The summed E-state index contributed by atoms with van der Waals surface area (Å²) in [6.45, 7) is 5.42. The standard InChI is InChI=1S/C11H19N3OS/c1-4-15-10-8-9(2)13-11(14-10)12-6-5-7-16-3/h8H,4-7H2,1-3H3,(H,12,13,14). The molecular formula is C11H19N3OS. The molecule has 0 amide bonds. The molecule has 0 saturated heterocycles. The van der Waals surface area contributed by atoms with Crippen molar-refractivity contribution in [1.82, 2.24) is 9.97 Å². The topological polar surface area (TPSA) is 47.0 Å². The number of aryl methyl sites for hydroxylation is 1. The van der Waals surface area contributed by atoms with E-state index in [1.54, 1.807) is 0 Å². The van der Waals surface area contributed by atoms with Gasteiger partial charge >= 0.3 is 0 Å².